The van der Waals surface area contributed by atoms with Crippen molar-refractivity contribution >= 4 is 28.9 Å². The lowest BCUT2D eigenvalue weighted by Gasteiger charge is -2.40. The maximum absolute atomic E-state index is 14.0. The molecule has 6 nitrogen and oxygen atoms in total. The molecule has 196 valence electrons. The maximum atomic E-state index is 14.0. The van der Waals surface area contributed by atoms with E-state index in [0.717, 1.165) is 82.3 Å². The van der Waals surface area contributed by atoms with Crippen molar-refractivity contribution in [2.24, 2.45) is 11.8 Å². The summed E-state index contributed by atoms with van der Waals surface area (Å²) in [5.74, 6) is -0.158. The van der Waals surface area contributed by atoms with E-state index in [2.05, 4.69) is 27.7 Å². The highest BCUT2D eigenvalue weighted by Crippen LogP contribution is 2.42. The molecule has 7 heteroatoms. The Morgan fingerprint density at radius 1 is 0.971 bits per heavy atom. The summed E-state index contributed by atoms with van der Waals surface area (Å²) in [7, 11) is 0. The van der Waals surface area contributed by atoms with Crippen molar-refractivity contribution in [1.82, 2.24) is 0 Å². The smallest absolute Gasteiger partial charge is 0.348 e. The predicted molar refractivity (Wildman–Crippen MR) is 140 cm³/mol. The number of hydrogen-bond acceptors (Lipinski definition) is 5. The van der Waals surface area contributed by atoms with Crippen LogP contribution in [0.3, 0.4) is 0 Å². The standard InChI is InChI=1S/C28H43NO5S/c1-18-5-7-19(8-6-18)26(30)29(23-17-24(28(2,3)4)35-25(23)27(31)32)20-9-11-21(12-10-20)34-22-13-15-33-16-14-22/h17-22H,5-16H2,1-4H3,(H,31,32). The van der Waals surface area contributed by atoms with Gasteiger partial charge in [-0.15, -0.1) is 11.3 Å². The number of carbonyl (C=O) groups is 2. The van der Waals surface area contributed by atoms with Gasteiger partial charge in [0.2, 0.25) is 5.91 Å². The number of amides is 1. The summed E-state index contributed by atoms with van der Waals surface area (Å²) in [6.45, 7) is 10.1. The number of rotatable bonds is 6. The highest BCUT2D eigenvalue weighted by Gasteiger charge is 2.38. The minimum absolute atomic E-state index is 0.0120. The Hall–Kier alpha value is -1.44. The molecule has 2 heterocycles. The minimum atomic E-state index is -0.938. The molecule has 1 saturated heterocycles. The Kier molecular flexibility index (Phi) is 8.60. The summed E-state index contributed by atoms with van der Waals surface area (Å²) in [5, 5.41) is 10.1. The summed E-state index contributed by atoms with van der Waals surface area (Å²) in [4.78, 5) is 29.6. The van der Waals surface area contributed by atoms with Crippen LogP contribution < -0.4 is 4.90 Å². The van der Waals surface area contributed by atoms with Crippen LogP contribution in [0.15, 0.2) is 6.07 Å². The van der Waals surface area contributed by atoms with Gasteiger partial charge in [0.05, 0.1) is 17.9 Å². The van der Waals surface area contributed by atoms with Crippen molar-refractivity contribution in [3.8, 4) is 0 Å². The number of aromatic carboxylic acids is 1. The Bertz CT molecular complexity index is 868. The molecular weight excluding hydrogens is 462 g/mol. The number of carbonyl (C=O) groups excluding carboxylic acids is 1. The van der Waals surface area contributed by atoms with Gasteiger partial charge in [0.15, 0.2) is 0 Å². The zero-order valence-corrected chi connectivity index (χ0v) is 22.7. The summed E-state index contributed by atoms with van der Waals surface area (Å²) in [5.41, 5.74) is 0.446. The van der Waals surface area contributed by atoms with Crippen LogP contribution in [0, 0.1) is 11.8 Å². The molecule has 4 rings (SSSR count). The molecular formula is C28H43NO5S. The highest BCUT2D eigenvalue weighted by atomic mass is 32.1. The van der Waals surface area contributed by atoms with Gasteiger partial charge in [-0.3, -0.25) is 4.79 Å². The third kappa shape index (κ3) is 6.47. The summed E-state index contributed by atoms with van der Waals surface area (Å²) < 4.78 is 11.9. The number of anilines is 1. The van der Waals surface area contributed by atoms with Gasteiger partial charge in [0.25, 0.3) is 0 Å². The molecule has 0 bridgehead atoms. The Balaban J connectivity index is 1.56. The van der Waals surface area contributed by atoms with Crippen molar-refractivity contribution in [3.05, 3.63) is 15.8 Å². The maximum Gasteiger partial charge on any atom is 0.348 e. The Morgan fingerprint density at radius 3 is 2.14 bits per heavy atom. The summed E-state index contributed by atoms with van der Waals surface area (Å²) in [6, 6.07) is 2.01. The van der Waals surface area contributed by atoms with Gasteiger partial charge in [0, 0.05) is 30.1 Å². The van der Waals surface area contributed by atoms with Crippen LogP contribution in [0.4, 0.5) is 5.69 Å². The third-order valence-corrected chi connectivity index (χ3v) is 9.61. The SMILES string of the molecule is CC1CCC(C(=O)N(c2cc(C(C)(C)C)sc2C(=O)O)C2CCC(OC3CCOCC3)CC2)CC1. The van der Waals surface area contributed by atoms with E-state index in [4.69, 9.17) is 9.47 Å². The number of thiophene rings is 1. The van der Waals surface area contributed by atoms with Crippen LogP contribution >= 0.6 is 11.3 Å². The molecule has 1 aromatic rings. The molecule has 0 aromatic carbocycles. The predicted octanol–water partition coefficient (Wildman–Crippen LogP) is 6.41. The monoisotopic (exact) mass is 505 g/mol. The largest absolute Gasteiger partial charge is 0.477 e. The molecule has 1 N–H and O–H groups in total. The van der Waals surface area contributed by atoms with Crippen LogP contribution in [0.1, 0.15) is 106 Å². The minimum Gasteiger partial charge on any atom is -0.477 e. The fourth-order valence-corrected chi connectivity index (χ4v) is 6.85. The number of hydrogen-bond donors (Lipinski definition) is 1. The fourth-order valence-electron chi connectivity index (χ4n) is 5.81. The molecule has 0 radical (unpaired) electrons. The topological polar surface area (TPSA) is 76.1 Å². The number of ether oxygens (including phenoxy) is 2. The second-order valence-electron chi connectivity index (χ2n) is 11.9. The highest BCUT2D eigenvalue weighted by molar-refractivity contribution is 7.14. The molecule has 1 aliphatic heterocycles. The third-order valence-electron chi connectivity index (χ3n) is 8.07. The van der Waals surface area contributed by atoms with E-state index in [1.165, 1.54) is 11.3 Å². The van der Waals surface area contributed by atoms with E-state index in [1.807, 2.05) is 11.0 Å². The van der Waals surface area contributed by atoms with Crippen LogP contribution in [-0.4, -0.2) is 48.4 Å². The molecule has 0 atom stereocenters. The van der Waals surface area contributed by atoms with E-state index < -0.39 is 5.97 Å². The first-order chi connectivity index (χ1) is 16.6. The zero-order valence-electron chi connectivity index (χ0n) is 21.9. The van der Waals surface area contributed by atoms with Gasteiger partial charge < -0.3 is 19.5 Å². The van der Waals surface area contributed by atoms with Crippen molar-refractivity contribution < 1.29 is 24.2 Å². The van der Waals surface area contributed by atoms with E-state index in [1.54, 1.807) is 0 Å². The van der Waals surface area contributed by atoms with Gasteiger partial charge in [-0.2, -0.15) is 0 Å². The zero-order chi connectivity index (χ0) is 25.2. The van der Waals surface area contributed by atoms with Crippen molar-refractivity contribution in [2.45, 2.75) is 116 Å². The molecule has 3 fully saturated rings. The van der Waals surface area contributed by atoms with Crippen molar-refractivity contribution in [1.29, 1.82) is 0 Å². The van der Waals surface area contributed by atoms with Crippen molar-refractivity contribution in [2.75, 3.05) is 18.1 Å². The summed E-state index contributed by atoms with van der Waals surface area (Å²) >= 11 is 1.33. The lowest BCUT2D eigenvalue weighted by Crippen LogP contribution is -2.47. The number of carboxylic acids is 1. The quantitative estimate of drug-likeness (QED) is 0.483. The van der Waals surface area contributed by atoms with E-state index in [9.17, 15) is 14.7 Å². The second-order valence-corrected chi connectivity index (χ2v) is 13.0. The lowest BCUT2D eigenvalue weighted by atomic mass is 9.81. The number of nitrogens with zero attached hydrogens (tertiary/aromatic N) is 1. The molecule has 2 saturated carbocycles. The molecule has 1 amide bonds. The molecule has 0 spiro atoms. The first-order valence-electron chi connectivity index (χ1n) is 13.6. The van der Waals surface area contributed by atoms with E-state index in [0.29, 0.717) is 16.5 Å². The normalized spacial score (nSPS) is 28.6. The van der Waals surface area contributed by atoms with E-state index >= 15 is 0 Å². The average Bonchev–Trinajstić information content (AvgIpc) is 3.27. The Morgan fingerprint density at radius 2 is 1.57 bits per heavy atom. The van der Waals surface area contributed by atoms with Crippen LogP contribution in [0.5, 0.6) is 0 Å². The van der Waals surface area contributed by atoms with Crippen LogP contribution in [0.25, 0.3) is 0 Å². The van der Waals surface area contributed by atoms with Gasteiger partial charge in [-0.25, -0.2) is 4.79 Å². The van der Waals surface area contributed by atoms with Crippen molar-refractivity contribution in [3.63, 3.8) is 0 Å². The summed E-state index contributed by atoms with van der Waals surface area (Å²) in [6.07, 6.45) is 9.86. The molecule has 1 aromatic heterocycles. The molecule has 3 aliphatic rings. The van der Waals surface area contributed by atoms with Crippen LogP contribution in [0.2, 0.25) is 0 Å². The number of carboxylic acid groups (broad SMARTS) is 1. The van der Waals surface area contributed by atoms with Gasteiger partial charge in [-0.05, 0) is 81.6 Å². The molecule has 35 heavy (non-hydrogen) atoms. The lowest BCUT2D eigenvalue weighted by molar-refractivity contribution is -0.124. The van der Waals surface area contributed by atoms with Gasteiger partial charge >= 0.3 is 5.97 Å². The first-order valence-corrected chi connectivity index (χ1v) is 14.4. The Labute approximate surface area is 214 Å². The van der Waals surface area contributed by atoms with E-state index in [-0.39, 0.29) is 35.5 Å². The molecule has 0 unspecified atom stereocenters. The average molecular weight is 506 g/mol. The van der Waals surface area contributed by atoms with Gasteiger partial charge in [0.1, 0.15) is 4.88 Å². The first kappa shape index (κ1) is 26.6. The fraction of sp³-hybridized carbons (Fsp3) is 0.786. The second kappa shape index (κ2) is 11.3. The molecule has 2 aliphatic carbocycles. The van der Waals surface area contributed by atoms with Crippen LogP contribution in [-0.2, 0) is 19.7 Å². The van der Waals surface area contributed by atoms with Gasteiger partial charge in [-0.1, -0.05) is 27.7 Å².